The van der Waals surface area contributed by atoms with Crippen LogP contribution in [0.3, 0.4) is 0 Å². The summed E-state index contributed by atoms with van der Waals surface area (Å²) >= 11 is 11.4. The van der Waals surface area contributed by atoms with Crippen molar-refractivity contribution >= 4 is 35.1 Å². The van der Waals surface area contributed by atoms with E-state index >= 15 is 0 Å². The van der Waals surface area contributed by atoms with Crippen LogP contribution in [-0.2, 0) is 14.3 Å². The van der Waals surface area contributed by atoms with Gasteiger partial charge >= 0.3 is 5.97 Å². The third-order valence-electron chi connectivity index (χ3n) is 4.14. The maximum Gasteiger partial charge on any atom is 0.306 e. The maximum atomic E-state index is 12.0. The van der Waals surface area contributed by atoms with Crippen LogP contribution >= 0.6 is 23.2 Å². The van der Waals surface area contributed by atoms with E-state index in [4.69, 9.17) is 23.2 Å². The fraction of sp³-hybridized carbons (Fsp3) is 0.300. The van der Waals surface area contributed by atoms with E-state index in [9.17, 15) is 9.59 Å². The molecule has 2 atom stereocenters. The summed E-state index contributed by atoms with van der Waals surface area (Å²) in [6.07, 6.45) is 1.65. The first-order chi connectivity index (χ1) is 12.5. The molecule has 26 heavy (non-hydrogen) atoms. The predicted molar refractivity (Wildman–Crippen MR) is 103 cm³/mol. The van der Waals surface area contributed by atoms with E-state index in [-0.39, 0.29) is 30.3 Å². The van der Waals surface area contributed by atoms with Crippen molar-refractivity contribution in [1.29, 1.82) is 0 Å². The van der Waals surface area contributed by atoms with Gasteiger partial charge in [-0.2, -0.15) is 0 Å². The number of hydrogen-bond donors (Lipinski definition) is 1. The van der Waals surface area contributed by atoms with E-state index in [0.29, 0.717) is 11.4 Å². The van der Waals surface area contributed by atoms with Gasteiger partial charge in [0.2, 0.25) is 5.91 Å². The summed E-state index contributed by atoms with van der Waals surface area (Å²) in [6, 6.07) is 16.9. The third-order valence-corrected chi connectivity index (χ3v) is 4.64. The van der Waals surface area contributed by atoms with Gasteiger partial charge in [0.1, 0.15) is 0 Å². The summed E-state index contributed by atoms with van der Waals surface area (Å²) in [4.78, 5) is 23.1. The molecule has 1 saturated heterocycles. The molecule has 2 aromatic carbocycles. The van der Waals surface area contributed by atoms with Gasteiger partial charge in [0.25, 0.3) is 0 Å². The quantitative estimate of drug-likeness (QED) is 0.761. The Labute approximate surface area is 163 Å². The maximum absolute atomic E-state index is 12.0. The summed E-state index contributed by atoms with van der Waals surface area (Å²) in [5.41, 5.74) is 1.04. The lowest BCUT2D eigenvalue weighted by molar-refractivity contribution is -0.145. The molecular weight excluding hydrogens is 373 g/mol. The number of halogens is 2. The molecule has 0 bridgehead atoms. The number of carbonyl (C=O) groups excluding carboxylic acids is 2. The van der Waals surface area contributed by atoms with Gasteiger partial charge in [-0.1, -0.05) is 53.5 Å². The van der Waals surface area contributed by atoms with Crippen LogP contribution in [0.5, 0.6) is 0 Å². The van der Waals surface area contributed by atoms with Crippen molar-refractivity contribution in [2.24, 2.45) is 5.92 Å². The van der Waals surface area contributed by atoms with Gasteiger partial charge in [-0.15, -0.1) is 0 Å². The van der Waals surface area contributed by atoms with Crippen LogP contribution in [0.15, 0.2) is 54.6 Å². The summed E-state index contributed by atoms with van der Waals surface area (Å²) in [5.74, 6) is -0.710. The molecule has 138 valence electrons. The van der Waals surface area contributed by atoms with Gasteiger partial charge < -0.3 is 10.1 Å². The molecule has 0 saturated carbocycles. The zero-order chi connectivity index (χ0) is 18.9. The predicted octanol–water partition coefficient (Wildman–Crippen LogP) is 4.81. The van der Waals surface area contributed by atoms with Gasteiger partial charge in [-0.25, -0.2) is 0 Å². The second-order valence-corrected chi connectivity index (χ2v) is 6.84. The highest BCUT2D eigenvalue weighted by Crippen LogP contribution is 2.28. The Hall–Kier alpha value is -2.04. The average molecular weight is 394 g/mol. The van der Waals surface area contributed by atoms with Crippen LogP contribution in [-0.4, -0.2) is 19.0 Å². The summed E-state index contributed by atoms with van der Waals surface area (Å²) < 4.78 is 4.59. The van der Waals surface area contributed by atoms with E-state index in [1.165, 1.54) is 7.11 Å². The van der Waals surface area contributed by atoms with E-state index in [1.807, 2.05) is 54.6 Å². The summed E-state index contributed by atoms with van der Waals surface area (Å²) in [6.45, 7) is 0. The summed E-state index contributed by atoms with van der Waals surface area (Å²) in [5, 5.41) is 4.41. The number of amides is 1. The van der Waals surface area contributed by atoms with Crippen LogP contribution in [0.25, 0.3) is 0 Å². The molecule has 0 aliphatic carbocycles. The van der Waals surface area contributed by atoms with Gasteiger partial charge in [0.05, 0.1) is 19.6 Å². The number of carbonyl (C=O) groups is 2. The minimum atomic E-state index is -0.343. The first-order valence-corrected chi connectivity index (χ1v) is 9.08. The number of esters is 1. The van der Waals surface area contributed by atoms with Crippen LogP contribution in [0.1, 0.15) is 30.9 Å². The Kier molecular flexibility index (Phi) is 7.95. The number of benzene rings is 2. The van der Waals surface area contributed by atoms with Crippen molar-refractivity contribution in [3.63, 3.8) is 0 Å². The van der Waals surface area contributed by atoms with E-state index < -0.39 is 0 Å². The molecule has 1 fully saturated rings. The fourth-order valence-corrected chi connectivity index (χ4v) is 2.97. The van der Waals surface area contributed by atoms with Crippen LogP contribution < -0.4 is 5.32 Å². The van der Waals surface area contributed by atoms with E-state index in [0.717, 1.165) is 17.0 Å². The molecule has 0 spiro atoms. The third kappa shape index (κ3) is 6.36. The first-order valence-electron chi connectivity index (χ1n) is 8.32. The van der Waals surface area contributed by atoms with Crippen LogP contribution in [0, 0.1) is 5.92 Å². The first kappa shape index (κ1) is 20.3. The monoisotopic (exact) mass is 393 g/mol. The smallest absolute Gasteiger partial charge is 0.306 e. The minimum Gasteiger partial charge on any atom is -0.469 e. The van der Waals surface area contributed by atoms with Crippen LogP contribution in [0.2, 0.25) is 10.0 Å². The zero-order valence-electron chi connectivity index (χ0n) is 14.5. The molecule has 1 N–H and O–H groups in total. The number of methoxy groups -OCH3 is 1. The van der Waals surface area contributed by atoms with Crippen molar-refractivity contribution in [2.45, 2.75) is 25.3 Å². The molecule has 4 nitrogen and oxygen atoms in total. The highest BCUT2D eigenvalue weighted by molar-refractivity contribution is 6.30. The van der Waals surface area contributed by atoms with Crippen molar-refractivity contribution in [3.05, 3.63) is 70.2 Å². The molecule has 3 rings (SSSR count). The fourth-order valence-electron chi connectivity index (χ4n) is 2.70. The molecule has 2 aromatic rings. The van der Waals surface area contributed by atoms with Crippen molar-refractivity contribution in [2.75, 3.05) is 7.11 Å². The molecule has 0 radical (unpaired) electrons. The number of nitrogens with one attached hydrogen (secondary N) is 1. The zero-order valence-corrected chi connectivity index (χ0v) is 16.0. The molecule has 2 unspecified atom stereocenters. The van der Waals surface area contributed by atoms with Crippen molar-refractivity contribution < 1.29 is 14.3 Å². The van der Waals surface area contributed by atoms with E-state index in [1.54, 1.807) is 0 Å². The molecule has 1 aliphatic heterocycles. The SMILES string of the molecule is COC(=O)CC1CCC(c2ccc(Cl)cc2)NC1=O.Clc1ccccc1. The number of hydrogen-bond acceptors (Lipinski definition) is 3. The van der Waals surface area contributed by atoms with Crippen molar-refractivity contribution in [3.8, 4) is 0 Å². The average Bonchev–Trinajstić information content (AvgIpc) is 2.65. The van der Waals surface area contributed by atoms with E-state index in [2.05, 4.69) is 10.1 Å². The lowest BCUT2D eigenvalue weighted by atomic mass is 9.88. The molecular formula is C20H21Cl2NO3. The Bertz CT molecular complexity index is 720. The highest BCUT2D eigenvalue weighted by atomic mass is 35.5. The largest absolute Gasteiger partial charge is 0.469 e. The standard InChI is InChI=1S/C14H16ClNO3.C6H5Cl/c1-19-13(17)8-10-4-7-12(16-14(10)18)9-2-5-11(15)6-3-9;7-6-4-2-1-3-5-6/h2-3,5-6,10,12H,4,7-8H2,1H3,(H,16,18);1-5H. The lowest BCUT2D eigenvalue weighted by Gasteiger charge is -2.29. The number of ether oxygens (including phenoxy) is 1. The molecule has 1 amide bonds. The molecule has 6 heteroatoms. The van der Waals surface area contributed by atoms with Gasteiger partial charge in [-0.3, -0.25) is 9.59 Å². The van der Waals surface area contributed by atoms with Crippen molar-refractivity contribution in [1.82, 2.24) is 5.32 Å². The highest BCUT2D eigenvalue weighted by Gasteiger charge is 2.30. The molecule has 1 heterocycles. The Morgan fingerprint density at radius 2 is 1.65 bits per heavy atom. The Morgan fingerprint density at radius 1 is 1.04 bits per heavy atom. The summed E-state index contributed by atoms with van der Waals surface area (Å²) in [7, 11) is 1.33. The second kappa shape index (κ2) is 10.2. The second-order valence-electron chi connectivity index (χ2n) is 5.96. The number of rotatable bonds is 3. The normalized spacial score (nSPS) is 19.0. The minimum absolute atomic E-state index is 0.00124. The van der Waals surface area contributed by atoms with Crippen LogP contribution in [0.4, 0.5) is 0 Å². The molecule has 0 aromatic heterocycles. The Morgan fingerprint density at radius 3 is 2.15 bits per heavy atom. The lowest BCUT2D eigenvalue weighted by Crippen LogP contribution is -2.40. The Balaban J connectivity index is 0.000000290. The topological polar surface area (TPSA) is 55.4 Å². The van der Waals surface area contributed by atoms with Gasteiger partial charge in [0, 0.05) is 16.0 Å². The molecule has 1 aliphatic rings. The van der Waals surface area contributed by atoms with Gasteiger partial charge in [-0.05, 0) is 42.7 Å². The number of piperidine rings is 1. The van der Waals surface area contributed by atoms with Gasteiger partial charge in [0.15, 0.2) is 0 Å².